The Kier molecular flexibility index (Phi) is 5.13. The van der Waals surface area contributed by atoms with Gasteiger partial charge >= 0.3 is 0 Å². The normalized spacial score (nSPS) is 12.1. The van der Waals surface area contributed by atoms with E-state index in [1.165, 1.54) is 0 Å². The van der Waals surface area contributed by atoms with E-state index in [2.05, 4.69) is 0 Å². The second kappa shape index (κ2) is 7.87. The fourth-order valence-corrected chi connectivity index (χ4v) is 3.33. The summed E-state index contributed by atoms with van der Waals surface area (Å²) in [5.41, 5.74) is 2.43. The van der Waals surface area contributed by atoms with Gasteiger partial charge in [0.15, 0.2) is 17.7 Å². The Morgan fingerprint density at radius 3 is 2.43 bits per heavy atom. The van der Waals surface area contributed by atoms with E-state index in [9.17, 15) is 4.79 Å². The van der Waals surface area contributed by atoms with Gasteiger partial charge in [0.05, 0.1) is 17.6 Å². The number of aromatic nitrogens is 2. The van der Waals surface area contributed by atoms with Crippen LogP contribution in [0.2, 0.25) is 5.02 Å². The number of imidazole rings is 1. The topological polar surface area (TPSA) is 44.1 Å². The monoisotopic (exact) mass is 390 g/mol. The molecule has 1 heterocycles. The average Bonchev–Trinajstić information content (AvgIpc) is 3.09. The molecule has 5 heteroatoms. The molecule has 1 atom stereocenters. The number of ketones is 1. The number of Topliss-reactive ketones (excluding diaryl/α,β-unsaturated/α-hetero) is 1. The third kappa shape index (κ3) is 3.78. The van der Waals surface area contributed by atoms with E-state index >= 15 is 0 Å². The summed E-state index contributed by atoms with van der Waals surface area (Å²) in [5, 5.41) is 0.653. The molecule has 3 aromatic carbocycles. The van der Waals surface area contributed by atoms with Crippen LogP contribution in [0.1, 0.15) is 29.2 Å². The first-order valence-electron chi connectivity index (χ1n) is 9.07. The van der Waals surface area contributed by atoms with E-state index in [0.29, 0.717) is 22.2 Å². The highest BCUT2D eigenvalue weighted by atomic mass is 35.5. The molecule has 0 aliphatic rings. The lowest BCUT2D eigenvalue weighted by molar-refractivity contribution is 0.0969. The molecule has 0 saturated carbocycles. The van der Waals surface area contributed by atoms with E-state index < -0.39 is 0 Å². The van der Waals surface area contributed by atoms with Crippen LogP contribution in [-0.4, -0.2) is 15.3 Å². The Labute approximate surface area is 168 Å². The third-order valence-corrected chi connectivity index (χ3v) is 4.82. The predicted molar refractivity (Wildman–Crippen MR) is 111 cm³/mol. The van der Waals surface area contributed by atoms with Gasteiger partial charge in [-0.05, 0) is 43.3 Å². The summed E-state index contributed by atoms with van der Waals surface area (Å²) in [6.45, 7) is 2.13. The zero-order valence-electron chi connectivity index (χ0n) is 15.4. The average molecular weight is 391 g/mol. The van der Waals surface area contributed by atoms with Crippen LogP contribution >= 0.6 is 11.6 Å². The molecule has 0 spiro atoms. The van der Waals surface area contributed by atoms with Crippen LogP contribution in [0.15, 0.2) is 78.9 Å². The molecule has 4 rings (SSSR count). The quantitative estimate of drug-likeness (QED) is 0.396. The number of hydrogen-bond donors (Lipinski definition) is 0. The maximum Gasteiger partial charge on any atom is 0.182 e. The van der Waals surface area contributed by atoms with Crippen LogP contribution in [-0.2, 0) is 6.54 Å². The molecule has 28 heavy (non-hydrogen) atoms. The first-order valence-corrected chi connectivity index (χ1v) is 9.45. The first kappa shape index (κ1) is 18.3. The molecule has 0 amide bonds. The van der Waals surface area contributed by atoms with Gasteiger partial charge < -0.3 is 9.30 Å². The van der Waals surface area contributed by atoms with Crippen molar-refractivity contribution in [2.75, 3.05) is 0 Å². The molecule has 0 saturated heterocycles. The minimum atomic E-state index is -0.336. The fourth-order valence-electron chi connectivity index (χ4n) is 3.20. The molecule has 0 bridgehead atoms. The molecule has 4 nitrogen and oxygen atoms in total. The van der Waals surface area contributed by atoms with Gasteiger partial charge in [-0.2, -0.15) is 0 Å². The summed E-state index contributed by atoms with van der Waals surface area (Å²) in [6.07, 6.45) is -0.336. The summed E-state index contributed by atoms with van der Waals surface area (Å²) in [4.78, 5) is 17.6. The summed E-state index contributed by atoms with van der Waals surface area (Å²) < 4.78 is 8.00. The summed E-state index contributed by atoms with van der Waals surface area (Å²) in [6, 6.07) is 24.3. The van der Waals surface area contributed by atoms with Crippen molar-refractivity contribution in [3.8, 4) is 5.75 Å². The highest BCUT2D eigenvalue weighted by Gasteiger charge is 2.20. The number of hydrogen-bond acceptors (Lipinski definition) is 3. The standard InChI is InChI=1S/C23H19ClN2O2/c1-16(28-19-13-11-18(24)12-14-19)23-25-20-9-5-6-10-21(20)26(23)15-22(27)17-7-3-2-4-8-17/h2-14,16H,15H2,1H3. The lowest BCUT2D eigenvalue weighted by Gasteiger charge is -2.16. The van der Waals surface area contributed by atoms with Gasteiger partial charge in [-0.25, -0.2) is 4.98 Å². The van der Waals surface area contributed by atoms with Gasteiger partial charge in [-0.15, -0.1) is 0 Å². The van der Waals surface area contributed by atoms with Crippen LogP contribution in [0.3, 0.4) is 0 Å². The molecular weight excluding hydrogens is 372 g/mol. The summed E-state index contributed by atoms with van der Waals surface area (Å²) >= 11 is 5.95. The maximum atomic E-state index is 12.8. The van der Waals surface area contributed by atoms with Gasteiger partial charge in [0, 0.05) is 10.6 Å². The van der Waals surface area contributed by atoms with Crippen molar-refractivity contribution in [2.45, 2.75) is 19.6 Å². The maximum absolute atomic E-state index is 12.8. The minimum Gasteiger partial charge on any atom is -0.483 e. The lowest BCUT2D eigenvalue weighted by atomic mass is 10.1. The van der Waals surface area contributed by atoms with Crippen molar-refractivity contribution < 1.29 is 9.53 Å². The number of carbonyl (C=O) groups is 1. The van der Waals surface area contributed by atoms with Gasteiger partial charge in [-0.3, -0.25) is 4.79 Å². The van der Waals surface area contributed by atoms with Crippen LogP contribution < -0.4 is 4.74 Å². The van der Waals surface area contributed by atoms with E-state index in [1.54, 1.807) is 12.1 Å². The number of ether oxygens (including phenoxy) is 1. The van der Waals surface area contributed by atoms with Crippen LogP contribution in [0, 0.1) is 0 Å². The zero-order chi connectivity index (χ0) is 19.5. The first-order chi connectivity index (χ1) is 13.6. The molecule has 1 unspecified atom stereocenters. The minimum absolute atomic E-state index is 0.0312. The highest BCUT2D eigenvalue weighted by molar-refractivity contribution is 6.30. The Hall–Kier alpha value is -3.11. The van der Waals surface area contributed by atoms with Gasteiger partial charge in [0.25, 0.3) is 0 Å². The molecule has 0 aliphatic heterocycles. The number of para-hydroxylation sites is 2. The number of fused-ring (bicyclic) bond motifs is 1. The van der Waals surface area contributed by atoms with E-state index in [0.717, 1.165) is 11.0 Å². The molecule has 1 aromatic heterocycles. The van der Waals surface area contributed by atoms with Crippen molar-refractivity contribution in [2.24, 2.45) is 0 Å². The second-order valence-corrected chi connectivity index (χ2v) is 6.98. The predicted octanol–water partition coefficient (Wildman–Crippen LogP) is 5.71. The van der Waals surface area contributed by atoms with Gasteiger partial charge in [0.2, 0.25) is 0 Å². The fraction of sp³-hybridized carbons (Fsp3) is 0.130. The molecule has 4 aromatic rings. The Morgan fingerprint density at radius 2 is 1.68 bits per heavy atom. The summed E-state index contributed by atoms with van der Waals surface area (Å²) in [5.74, 6) is 1.44. The molecule has 0 aliphatic carbocycles. The molecule has 0 fully saturated rings. The van der Waals surface area contributed by atoms with Crippen LogP contribution in [0.25, 0.3) is 11.0 Å². The van der Waals surface area contributed by atoms with Crippen molar-refractivity contribution in [1.29, 1.82) is 0 Å². The van der Waals surface area contributed by atoms with Gasteiger partial charge in [-0.1, -0.05) is 54.1 Å². The smallest absolute Gasteiger partial charge is 0.182 e. The van der Waals surface area contributed by atoms with E-state index in [1.807, 2.05) is 78.2 Å². The number of halogens is 1. The van der Waals surface area contributed by atoms with E-state index in [-0.39, 0.29) is 18.4 Å². The highest BCUT2D eigenvalue weighted by Crippen LogP contribution is 2.26. The van der Waals surface area contributed by atoms with Crippen molar-refractivity contribution in [3.05, 3.63) is 95.3 Å². The van der Waals surface area contributed by atoms with E-state index in [4.69, 9.17) is 21.3 Å². The zero-order valence-corrected chi connectivity index (χ0v) is 16.1. The molecule has 0 radical (unpaired) electrons. The summed E-state index contributed by atoms with van der Waals surface area (Å²) in [7, 11) is 0. The Bertz CT molecular complexity index is 1100. The molecular formula is C23H19ClN2O2. The van der Waals surface area contributed by atoms with Crippen molar-refractivity contribution in [1.82, 2.24) is 9.55 Å². The van der Waals surface area contributed by atoms with Crippen LogP contribution in [0.4, 0.5) is 0 Å². The Morgan fingerprint density at radius 1 is 1.00 bits per heavy atom. The lowest BCUT2D eigenvalue weighted by Crippen LogP contribution is -2.17. The van der Waals surface area contributed by atoms with Gasteiger partial charge in [0.1, 0.15) is 5.75 Å². The van der Waals surface area contributed by atoms with Crippen molar-refractivity contribution in [3.63, 3.8) is 0 Å². The third-order valence-electron chi connectivity index (χ3n) is 4.57. The van der Waals surface area contributed by atoms with Crippen molar-refractivity contribution >= 4 is 28.4 Å². The number of nitrogens with zero attached hydrogens (tertiary/aromatic N) is 2. The number of carbonyl (C=O) groups excluding carboxylic acids is 1. The number of benzene rings is 3. The number of rotatable bonds is 6. The Balaban J connectivity index is 1.68. The SMILES string of the molecule is CC(Oc1ccc(Cl)cc1)c1nc2ccccc2n1CC(=O)c1ccccc1. The molecule has 0 N–H and O–H groups in total. The largest absolute Gasteiger partial charge is 0.483 e. The molecule has 140 valence electrons. The second-order valence-electron chi connectivity index (χ2n) is 6.55. The van der Waals surface area contributed by atoms with Crippen LogP contribution in [0.5, 0.6) is 5.75 Å².